The van der Waals surface area contributed by atoms with Crippen LogP contribution in [0.25, 0.3) is 0 Å². The first kappa shape index (κ1) is 14.0. The maximum atomic E-state index is 13.6. The zero-order valence-electron chi connectivity index (χ0n) is 10.5. The molecule has 0 bridgehead atoms. The maximum absolute atomic E-state index is 13.6. The van der Waals surface area contributed by atoms with Crippen molar-refractivity contribution in [2.24, 2.45) is 0 Å². The minimum absolute atomic E-state index is 0.117. The summed E-state index contributed by atoms with van der Waals surface area (Å²) < 4.78 is 29.1. The molecule has 0 fully saturated rings. The van der Waals surface area contributed by atoms with Crippen molar-refractivity contribution in [1.82, 2.24) is 9.55 Å². The summed E-state index contributed by atoms with van der Waals surface area (Å²) in [6, 6.07) is 2.25. The number of hydrogen-bond donors (Lipinski definition) is 1. The number of nitrogens with zero attached hydrogens (tertiary/aromatic N) is 2. The van der Waals surface area contributed by atoms with Crippen molar-refractivity contribution < 1.29 is 8.78 Å². The predicted molar refractivity (Wildman–Crippen MR) is 73.9 cm³/mol. The quantitative estimate of drug-likeness (QED) is 0.842. The summed E-state index contributed by atoms with van der Waals surface area (Å²) in [5.41, 5.74) is 1.08. The zero-order chi connectivity index (χ0) is 13.8. The number of nitrogens with one attached hydrogen (secondary N) is 1. The van der Waals surface area contributed by atoms with Crippen LogP contribution < -0.4 is 5.32 Å². The fourth-order valence-electron chi connectivity index (χ4n) is 1.78. The Labute approximate surface area is 118 Å². The van der Waals surface area contributed by atoms with E-state index in [9.17, 15) is 8.78 Å². The molecule has 0 spiro atoms. The predicted octanol–water partition coefficient (Wildman–Crippen LogP) is 3.95. The van der Waals surface area contributed by atoms with E-state index in [0.29, 0.717) is 6.54 Å². The third-order valence-electron chi connectivity index (χ3n) is 2.73. The molecule has 1 heterocycles. The van der Waals surface area contributed by atoms with Crippen molar-refractivity contribution in [2.75, 3.05) is 5.32 Å². The van der Waals surface area contributed by atoms with Gasteiger partial charge < -0.3 is 9.88 Å². The Morgan fingerprint density at radius 3 is 2.84 bits per heavy atom. The maximum Gasteiger partial charge on any atom is 0.147 e. The first-order valence-corrected chi connectivity index (χ1v) is 6.78. The molecule has 1 N–H and O–H groups in total. The summed E-state index contributed by atoms with van der Waals surface area (Å²) >= 11 is 2.95. The van der Waals surface area contributed by atoms with Crippen LogP contribution in [0.15, 0.2) is 29.1 Å². The van der Waals surface area contributed by atoms with E-state index in [2.05, 4.69) is 33.2 Å². The molecule has 2 aromatic rings. The molecule has 0 unspecified atom stereocenters. The second kappa shape index (κ2) is 6.14. The second-order valence-electron chi connectivity index (χ2n) is 4.18. The number of imidazole rings is 1. The lowest BCUT2D eigenvalue weighted by molar-refractivity contribution is 0.595. The highest BCUT2D eigenvalue weighted by molar-refractivity contribution is 9.10. The van der Waals surface area contributed by atoms with Crippen LogP contribution >= 0.6 is 15.9 Å². The summed E-state index contributed by atoms with van der Waals surface area (Å²) in [6.45, 7) is 3.33. The molecule has 0 saturated carbocycles. The van der Waals surface area contributed by atoms with Crippen LogP contribution in [-0.4, -0.2) is 9.55 Å². The molecule has 0 atom stereocenters. The number of hydrogen-bond acceptors (Lipinski definition) is 2. The van der Waals surface area contributed by atoms with Crippen LogP contribution in [0.5, 0.6) is 0 Å². The smallest absolute Gasteiger partial charge is 0.147 e. The average molecular weight is 330 g/mol. The van der Waals surface area contributed by atoms with Gasteiger partial charge in [0, 0.05) is 18.8 Å². The Morgan fingerprint density at radius 1 is 1.32 bits per heavy atom. The standard InChI is InChI=1S/C13H14BrF2N3/c1-2-3-19-8-17-6-9(19)7-18-13-5-11(15)10(14)4-12(13)16/h4-6,8,18H,2-3,7H2,1H3. The van der Waals surface area contributed by atoms with Crippen LogP contribution in [0.1, 0.15) is 19.0 Å². The third kappa shape index (κ3) is 3.32. The van der Waals surface area contributed by atoms with Gasteiger partial charge >= 0.3 is 0 Å². The molecule has 1 aromatic carbocycles. The lowest BCUT2D eigenvalue weighted by Gasteiger charge is -2.10. The van der Waals surface area contributed by atoms with E-state index >= 15 is 0 Å². The lowest BCUT2D eigenvalue weighted by Crippen LogP contribution is -2.08. The fourth-order valence-corrected chi connectivity index (χ4v) is 2.10. The topological polar surface area (TPSA) is 29.9 Å². The fraction of sp³-hybridized carbons (Fsp3) is 0.308. The molecular weight excluding hydrogens is 316 g/mol. The van der Waals surface area contributed by atoms with Gasteiger partial charge in [0.15, 0.2) is 0 Å². The van der Waals surface area contributed by atoms with Crippen molar-refractivity contribution in [3.8, 4) is 0 Å². The van der Waals surface area contributed by atoms with Gasteiger partial charge in [-0.05, 0) is 28.4 Å². The van der Waals surface area contributed by atoms with Crippen molar-refractivity contribution in [3.63, 3.8) is 0 Å². The number of rotatable bonds is 5. The first-order chi connectivity index (χ1) is 9.11. The highest BCUT2D eigenvalue weighted by Crippen LogP contribution is 2.23. The van der Waals surface area contributed by atoms with Crippen LogP contribution in [0.2, 0.25) is 0 Å². The minimum Gasteiger partial charge on any atom is -0.377 e. The first-order valence-electron chi connectivity index (χ1n) is 5.99. The van der Waals surface area contributed by atoms with Gasteiger partial charge in [-0.15, -0.1) is 0 Å². The Bertz CT molecular complexity index is 569. The summed E-state index contributed by atoms with van der Waals surface area (Å²) in [5, 5.41) is 2.89. The van der Waals surface area contributed by atoms with Gasteiger partial charge in [0.1, 0.15) is 11.6 Å². The molecule has 102 valence electrons. The van der Waals surface area contributed by atoms with E-state index in [1.807, 2.05) is 4.57 Å². The molecule has 0 aliphatic rings. The van der Waals surface area contributed by atoms with Crippen molar-refractivity contribution >= 4 is 21.6 Å². The van der Waals surface area contributed by atoms with Gasteiger partial charge in [-0.3, -0.25) is 0 Å². The van der Waals surface area contributed by atoms with E-state index in [4.69, 9.17) is 0 Å². The van der Waals surface area contributed by atoms with E-state index in [1.54, 1.807) is 12.5 Å². The Balaban J connectivity index is 2.10. The molecule has 1 aromatic heterocycles. The molecule has 0 aliphatic heterocycles. The third-order valence-corrected chi connectivity index (χ3v) is 3.34. The molecule has 3 nitrogen and oxygen atoms in total. The molecule has 6 heteroatoms. The number of anilines is 1. The van der Waals surface area contributed by atoms with Crippen molar-refractivity contribution in [2.45, 2.75) is 26.4 Å². The highest BCUT2D eigenvalue weighted by atomic mass is 79.9. The van der Waals surface area contributed by atoms with E-state index < -0.39 is 11.6 Å². The van der Waals surface area contributed by atoms with Crippen molar-refractivity contribution in [3.05, 3.63) is 46.5 Å². The van der Waals surface area contributed by atoms with Gasteiger partial charge in [-0.25, -0.2) is 13.8 Å². The molecular formula is C13H14BrF2N3. The molecule has 0 aliphatic carbocycles. The largest absolute Gasteiger partial charge is 0.377 e. The monoisotopic (exact) mass is 329 g/mol. The molecule has 2 rings (SSSR count). The summed E-state index contributed by atoms with van der Waals surface area (Å²) in [6.07, 6.45) is 4.44. The number of aryl methyl sites for hydroxylation is 1. The number of aromatic nitrogens is 2. The van der Waals surface area contributed by atoms with Gasteiger partial charge in [0.05, 0.1) is 28.7 Å². The summed E-state index contributed by atoms with van der Waals surface area (Å²) in [4.78, 5) is 4.05. The molecule has 19 heavy (non-hydrogen) atoms. The average Bonchev–Trinajstić information content (AvgIpc) is 2.80. The van der Waals surface area contributed by atoms with Crippen LogP contribution in [-0.2, 0) is 13.1 Å². The van der Waals surface area contributed by atoms with Crippen LogP contribution in [0.3, 0.4) is 0 Å². The number of halogens is 3. The minimum atomic E-state index is -0.494. The van der Waals surface area contributed by atoms with E-state index in [1.165, 1.54) is 0 Å². The molecule has 0 saturated heterocycles. The zero-order valence-corrected chi connectivity index (χ0v) is 12.0. The summed E-state index contributed by atoms with van der Waals surface area (Å²) in [5.74, 6) is -0.985. The van der Waals surface area contributed by atoms with Crippen LogP contribution in [0, 0.1) is 11.6 Å². The van der Waals surface area contributed by atoms with Gasteiger partial charge in [-0.2, -0.15) is 0 Å². The number of benzene rings is 1. The van der Waals surface area contributed by atoms with Crippen molar-refractivity contribution in [1.29, 1.82) is 0 Å². The Hall–Kier alpha value is -1.43. The van der Waals surface area contributed by atoms with Gasteiger partial charge in [-0.1, -0.05) is 6.92 Å². The highest BCUT2D eigenvalue weighted by Gasteiger charge is 2.09. The normalized spacial score (nSPS) is 10.7. The summed E-state index contributed by atoms with van der Waals surface area (Å²) in [7, 11) is 0. The SMILES string of the molecule is CCCn1cncc1CNc1cc(F)c(Br)cc1F. The van der Waals surface area contributed by atoms with Crippen LogP contribution in [0.4, 0.5) is 14.5 Å². The van der Waals surface area contributed by atoms with Gasteiger partial charge in [0.2, 0.25) is 0 Å². The van der Waals surface area contributed by atoms with E-state index in [0.717, 1.165) is 30.8 Å². The Morgan fingerprint density at radius 2 is 2.11 bits per heavy atom. The Kier molecular flexibility index (Phi) is 4.52. The molecule has 0 radical (unpaired) electrons. The molecule has 0 amide bonds. The van der Waals surface area contributed by atoms with E-state index in [-0.39, 0.29) is 10.2 Å². The van der Waals surface area contributed by atoms with Gasteiger partial charge in [0.25, 0.3) is 0 Å². The lowest BCUT2D eigenvalue weighted by atomic mass is 10.3. The second-order valence-corrected chi connectivity index (χ2v) is 5.03.